The van der Waals surface area contributed by atoms with Crippen molar-refractivity contribution in [3.63, 3.8) is 0 Å². The van der Waals surface area contributed by atoms with Crippen LogP contribution in [0.4, 0.5) is 11.5 Å². The molecule has 24 heavy (non-hydrogen) atoms. The molecule has 0 aliphatic carbocycles. The first-order chi connectivity index (χ1) is 11.5. The summed E-state index contributed by atoms with van der Waals surface area (Å²) in [6.07, 6.45) is 4.83. The maximum Gasteiger partial charge on any atom is 0.256 e. The summed E-state index contributed by atoms with van der Waals surface area (Å²) in [5, 5.41) is 3.64. The third kappa shape index (κ3) is 3.49. The zero-order chi connectivity index (χ0) is 17.1. The summed E-state index contributed by atoms with van der Waals surface area (Å²) < 4.78 is 0. The molecule has 2 heterocycles. The van der Waals surface area contributed by atoms with E-state index in [9.17, 15) is 9.59 Å². The highest BCUT2D eigenvalue weighted by molar-refractivity contribution is 6.04. The molecule has 0 saturated carbocycles. The molecule has 1 amide bonds. The molecule has 0 aliphatic heterocycles. The van der Waals surface area contributed by atoms with Crippen LogP contribution >= 0.6 is 0 Å². The minimum Gasteiger partial charge on any atom is -0.399 e. The van der Waals surface area contributed by atoms with E-state index < -0.39 is 0 Å². The standard InChI is InChI=1S/C18H16N4O2/c1-11(23)2-7-15-8-13-9-17(20-10-16(13)21-15)22-18(24)12-3-5-14(19)6-4-12/h2-10,21H,19H2,1H3,(H,20,22,24)/b7-2+. The second-order valence-corrected chi connectivity index (χ2v) is 5.40. The quantitative estimate of drug-likeness (QED) is 0.508. The molecule has 0 unspecified atom stereocenters. The lowest BCUT2D eigenvalue weighted by Crippen LogP contribution is -2.12. The molecule has 3 rings (SSSR count). The number of pyridine rings is 1. The van der Waals surface area contributed by atoms with E-state index in [2.05, 4.69) is 15.3 Å². The van der Waals surface area contributed by atoms with E-state index in [1.807, 2.05) is 6.07 Å². The van der Waals surface area contributed by atoms with Gasteiger partial charge in [-0.2, -0.15) is 0 Å². The number of carbonyl (C=O) groups excluding carboxylic acids is 2. The number of hydrogen-bond donors (Lipinski definition) is 3. The predicted molar refractivity (Wildman–Crippen MR) is 94.6 cm³/mol. The fraction of sp³-hybridized carbons (Fsp3) is 0.0556. The second kappa shape index (κ2) is 6.37. The monoisotopic (exact) mass is 320 g/mol. The van der Waals surface area contributed by atoms with E-state index in [1.165, 1.54) is 13.0 Å². The normalized spacial score (nSPS) is 11.0. The Morgan fingerprint density at radius 2 is 1.96 bits per heavy atom. The predicted octanol–water partition coefficient (Wildman–Crippen LogP) is 3.00. The first-order valence-corrected chi connectivity index (χ1v) is 7.35. The number of H-pyrrole nitrogens is 1. The van der Waals surface area contributed by atoms with Crippen LogP contribution in [0, 0.1) is 0 Å². The number of anilines is 2. The molecule has 4 N–H and O–H groups in total. The fourth-order valence-corrected chi connectivity index (χ4v) is 2.24. The van der Waals surface area contributed by atoms with Gasteiger partial charge in [0, 0.05) is 22.3 Å². The maximum absolute atomic E-state index is 12.2. The van der Waals surface area contributed by atoms with Gasteiger partial charge in [0.1, 0.15) is 5.82 Å². The number of carbonyl (C=O) groups is 2. The van der Waals surface area contributed by atoms with E-state index in [0.717, 1.165) is 16.6 Å². The number of nitrogen functional groups attached to an aromatic ring is 1. The van der Waals surface area contributed by atoms with E-state index in [-0.39, 0.29) is 11.7 Å². The molecule has 0 bridgehead atoms. The molecule has 6 nitrogen and oxygen atoms in total. The largest absolute Gasteiger partial charge is 0.399 e. The fourth-order valence-electron chi connectivity index (χ4n) is 2.24. The van der Waals surface area contributed by atoms with Gasteiger partial charge in [0.25, 0.3) is 5.91 Å². The molecule has 0 fully saturated rings. The van der Waals surface area contributed by atoms with Gasteiger partial charge in [-0.3, -0.25) is 9.59 Å². The number of nitrogens with zero attached hydrogens (tertiary/aromatic N) is 1. The van der Waals surface area contributed by atoms with E-state index in [0.29, 0.717) is 17.1 Å². The number of hydrogen-bond acceptors (Lipinski definition) is 4. The van der Waals surface area contributed by atoms with Gasteiger partial charge in [-0.15, -0.1) is 0 Å². The number of benzene rings is 1. The maximum atomic E-state index is 12.2. The third-order valence-electron chi connectivity index (χ3n) is 3.44. The minimum absolute atomic E-state index is 0.0248. The number of nitrogens with two attached hydrogens (primary N) is 1. The van der Waals surface area contributed by atoms with Gasteiger partial charge in [0.05, 0.1) is 11.7 Å². The van der Waals surface area contributed by atoms with Crippen LogP contribution in [0.1, 0.15) is 23.0 Å². The first-order valence-electron chi connectivity index (χ1n) is 7.35. The summed E-state index contributed by atoms with van der Waals surface area (Å²) in [5.74, 6) is 0.169. The van der Waals surface area contributed by atoms with Gasteiger partial charge in [0.2, 0.25) is 0 Å². The van der Waals surface area contributed by atoms with Crippen LogP contribution in [0.2, 0.25) is 0 Å². The van der Waals surface area contributed by atoms with Gasteiger partial charge < -0.3 is 16.0 Å². The van der Waals surface area contributed by atoms with E-state index in [4.69, 9.17) is 5.73 Å². The van der Waals surface area contributed by atoms with Crippen molar-refractivity contribution < 1.29 is 9.59 Å². The number of aromatic amines is 1. The van der Waals surface area contributed by atoms with Crippen LogP contribution in [0.15, 0.2) is 48.7 Å². The van der Waals surface area contributed by atoms with Crippen molar-refractivity contribution in [2.75, 3.05) is 11.1 Å². The Bertz CT molecular complexity index is 939. The first kappa shape index (κ1) is 15.5. The Hall–Kier alpha value is -3.41. The van der Waals surface area contributed by atoms with E-state index in [1.54, 1.807) is 42.6 Å². The lowest BCUT2D eigenvalue weighted by Gasteiger charge is -2.04. The summed E-state index contributed by atoms with van der Waals surface area (Å²) in [7, 11) is 0. The summed E-state index contributed by atoms with van der Waals surface area (Å²) in [5.41, 5.74) is 8.34. The van der Waals surface area contributed by atoms with Crippen LogP contribution < -0.4 is 11.1 Å². The molecule has 1 aromatic carbocycles. The number of allylic oxidation sites excluding steroid dienone is 1. The summed E-state index contributed by atoms with van der Waals surface area (Å²) in [4.78, 5) is 30.6. The molecule has 120 valence electrons. The highest BCUT2D eigenvalue weighted by Gasteiger charge is 2.08. The summed E-state index contributed by atoms with van der Waals surface area (Å²) in [6.45, 7) is 1.49. The van der Waals surface area contributed by atoms with Crippen LogP contribution in [-0.4, -0.2) is 21.7 Å². The molecule has 0 saturated heterocycles. The molecule has 0 spiro atoms. The van der Waals surface area contributed by atoms with Crippen molar-refractivity contribution in [3.8, 4) is 0 Å². The van der Waals surface area contributed by atoms with Crippen molar-refractivity contribution >= 4 is 40.2 Å². The van der Waals surface area contributed by atoms with Gasteiger partial charge in [0.15, 0.2) is 5.78 Å². The molecule has 3 aromatic rings. The average Bonchev–Trinajstić information content (AvgIpc) is 2.95. The van der Waals surface area contributed by atoms with E-state index >= 15 is 0 Å². The molecular formula is C18H16N4O2. The van der Waals surface area contributed by atoms with Crippen molar-refractivity contribution in [1.29, 1.82) is 0 Å². The Morgan fingerprint density at radius 1 is 1.21 bits per heavy atom. The van der Waals surface area contributed by atoms with Gasteiger partial charge in [-0.25, -0.2) is 4.98 Å². The lowest BCUT2D eigenvalue weighted by molar-refractivity contribution is -0.112. The van der Waals surface area contributed by atoms with Crippen molar-refractivity contribution in [2.24, 2.45) is 0 Å². The Morgan fingerprint density at radius 3 is 2.67 bits per heavy atom. The molecule has 6 heteroatoms. The number of amides is 1. The van der Waals surface area contributed by atoms with Gasteiger partial charge in [-0.05, 0) is 55.5 Å². The van der Waals surface area contributed by atoms with Gasteiger partial charge in [-0.1, -0.05) is 0 Å². The zero-order valence-corrected chi connectivity index (χ0v) is 13.0. The zero-order valence-electron chi connectivity index (χ0n) is 13.0. The number of aromatic nitrogens is 2. The Balaban J connectivity index is 1.81. The number of ketones is 1. The molecular weight excluding hydrogens is 304 g/mol. The van der Waals surface area contributed by atoms with Crippen LogP contribution in [0.25, 0.3) is 17.0 Å². The SMILES string of the molecule is CC(=O)/C=C/c1cc2cc(NC(=O)c3ccc(N)cc3)ncc2[nH]1. The topological polar surface area (TPSA) is 101 Å². The van der Waals surface area contributed by atoms with Crippen LogP contribution in [-0.2, 0) is 4.79 Å². The van der Waals surface area contributed by atoms with Crippen molar-refractivity contribution in [3.05, 3.63) is 59.9 Å². The highest BCUT2D eigenvalue weighted by atomic mass is 16.1. The highest BCUT2D eigenvalue weighted by Crippen LogP contribution is 2.19. The number of rotatable bonds is 4. The molecule has 0 aliphatic rings. The molecule has 0 radical (unpaired) electrons. The van der Waals surface area contributed by atoms with Crippen molar-refractivity contribution in [2.45, 2.75) is 6.92 Å². The number of fused-ring (bicyclic) bond motifs is 1. The van der Waals surface area contributed by atoms with Crippen LogP contribution in [0.5, 0.6) is 0 Å². The summed E-state index contributed by atoms with van der Waals surface area (Å²) >= 11 is 0. The Kier molecular flexibility index (Phi) is 4.11. The van der Waals surface area contributed by atoms with Gasteiger partial charge >= 0.3 is 0 Å². The Labute approximate surface area is 138 Å². The lowest BCUT2D eigenvalue weighted by atomic mass is 10.2. The second-order valence-electron chi connectivity index (χ2n) is 5.40. The molecule has 0 atom stereocenters. The average molecular weight is 320 g/mol. The minimum atomic E-state index is -0.255. The smallest absolute Gasteiger partial charge is 0.256 e. The van der Waals surface area contributed by atoms with Crippen LogP contribution in [0.3, 0.4) is 0 Å². The molecule has 2 aromatic heterocycles. The third-order valence-corrected chi connectivity index (χ3v) is 3.44. The summed E-state index contributed by atoms with van der Waals surface area (Å²) in [6, 6.07) is 10.3. The van der Waals surface area contributed by atoms with Crippen molar-refractivity contribution in [1.82, 2.24) is 9.97 Å². The number of nitrogens with one attached hydrogen (secondary N) is 2.